The molecule has 5 nitrogen and oxygen atoms in total. The van der Waals surface area contributed by atoms with Crippen molar-refractivity contribution in [3.8, 4) is 0 Å². The monoisotopic (exact) mass is 277 g/mol. The molecule has 1 heterocycles. The molecule has 0 radical (unpaired) electrons. The molecule has 2 atom stereocenters. The van der Waals surface area contributed by atoms with Gasteiger partial charge in [-0.15, -0.1) is 0 Å². The zero-order chi connectivity index (χ0) is 14.4. The molecule has 2 rings (SSSR count). The largest absolute Gasteiger partial charge is 0.468 e. The van der Waals surface area contributed by atoms with Gasteiger partial charge < -0.3 is 14.8 Å². The molecule has 0 aromatic heterocycles. The van der Waals surface area contributed by atoms with Crippen molar-refractivity contribution in [3.05, 3.63) is 35.9 Å². The Hall–Kier alpha value is -1.88. The minimum Gasteiger partial charge on any atom is -0.468 e. The lowest BCUT2D eigenvalue weighted by Gasteiger charge is -2.09. The van der Waals surface area contributed by atoms with E-state index in [1.54, 1.807) is 0 Å². The van der Waals surface area contributed by atoms with Gasteiger partial charge in [0.1, 0.15) is 12.6 Å². The molecule has 0 unspecified atom stereocenters. The number of carbonyl (C=O) groups is 2. The summed E-state index contributed by atoms with van der Waals surface area (Å²) in [4.78, 5) is 23.1. The van der Waals surface area contributed by atoms with Gasteiger partial charge >= 0.3 is 11.9 Å². The molecule has 0 bridgehead atoms. The average molecular weight is 277 g/mol. The van der Waals surface area contributed by atoms with E-state index < -0.39 is 0 Å². The highest BCUT2D eigenvalue weighted by Gasteiger charge is 2.31. The summed E-state index contributed by atoms with van der Waals surface area (Å²) in [6.07, 6.45) is 0.945. The summed E-state index contributed by atoms with van der Waals surface area (Å²) in [5, 5.41) is 3.05. The second-order valence-electron chi connectivity index (χ2n) is 4.94. The highest BCUT2D eigenvalue weighted by Crippen LogP contribution is 2.19. The van der Waals surface area contributed by atoms with Crippen molar-refractivity contribution in [1.29, 1.82) is 0 Å². The van der Waals surface area contributed by atoms with Crippen LogP contribution in [0.4, 0.5) is 0 Å². The first-order chi connectivity index (χ1) is 9.69. The van der Waals surface area contributed by atoms with Crippen molar-refractivity contribution >= 4 is 11.9 Å². The maximum Gasteiger partial charge on any atom is 0.322 e. The zero-order valence-corrected chi connectivity index (χ0v) is 11.5. The first-order valence-electron chi connectivity index (χ1n) is 6.70. The molecule has 1 aliphatic rings. The Balaban J connectivity index is 1.72. The summed E-state index contributed by atoms with van der Waals surface area (Å²) in [5.41, 5.74) is 0.970. The van der Waals surface area contributed by atoms with Crippen LogP contribution in [0, 0.1) is 5.92 Å². The maximum atomic E-state index is 11.8. The van der Waals surface area contributed by atoms with Gasteiger partial charge in [0, 0.05) is 6.42 Å². The van der Waals surface area contributed by atoms with Crippen LogP contribution in [-0.2, 0) is 25.7 Å². The van der Waals surface area contributed by atoms with Crippen LogP contribution in [0.1, 0.15) is 18.4 Å². The van der Waals surface area contributed by atoms with E-state index in [9.17, 15) is 9.59 Å². The fourth-order valence-electron chi connectivity index (χ4n) is 2.32. The molecule has 108 valence electrons. The summed E-state index contributed by atoms with van der Waals surface area (Å²) >= 11 is 0. The fraction of sp³-hybridized carbons (Fsp3) is 0.467. The molecule has 1 saturated heterocycles. The van der Waals surface area contributed by atoms with E-state index in [2.05, 4.69) is 10.1 Å². The molecule has 0 saturated carbocycles. The third-order valence-corrected chi connectivity index (χ3v) is 3.41. The fourth-order valence-corrected chi connectivity index (χ4v) is 2.32. The summed E-state index contributed by atoms with van der Waals surface area (Å²) in [5.74, 6) is -0.376. The Morgan fingerprint density at radius 2 is 2.05 bits per heavy atom. The third-order valence-electron chi connectivity index (χ3n) is 3.41. The van der Waals surface area contributed by atoms with Crippen molar-refractivity contribution in [2.24, 2.45) is 5.92 Å². The van der Waals surface area contributed by atoms with Crippen molar-refractivity contribution in [2.75, 3.05) is 13.7 Å². The van der Waals surface area contributed by atoms with Crippen molar-refractivity contribution in [2.45, 2.75) is 25.5 Å². The number of carbonyl (C=O) groups excluding carboxylic acids is 2. The number of ether oxygens (including phenoxy) is 2. The second kappa shape index (κ2) is 7.05. The highest BCUT2D eigenvalue weighted by atomic mass is 16.5. The van der Waals surface area contributed by atoms with Crippen molar-refractivity contribution in [3.63, 3.8) is 0 Å². The average Bonchev–Trinajstić information content (AvgIpc) is 2.94. The molecule has 20 heavy (non-hydrogen) atoms. The minimum absolute atomic E-state index is 0.127. The lowest BCUT2D eigenvalue weighted by atomic mass is 10.0. The van der Waals surface area contributed by atoms with Crippen LogP contribution in [0.3, 0.4) is 0 Å². The quantitative estimate of drug-likeness (QED) is 0.821. The van der Waals surface area contributed by atoms with Gasteiger partial charge in [0.05, 0.1) is 7.11 Å². The van der Waals surface area contributed by atoms with Gasteiger partial charge in [-0.1, -0.05) is 30.3 Å². The van der Waals surface area contributed by atoms with Gasteiger partial charge in [-0.25, -0.2) is 0 Å². The predicted molar refractivity (Wildman–Crippen MR) is 72.8 cm³/mol. The van der Waals surface area contributed by atoms with E-state index in [0.29, 0.717) is 26.0 Å². The normalized spacial score (nSPS) is 21.4. The third kappa shape index (κ3) is 4.06. The van der Waals surface area contributed by atoms with Crippen LogP contribution < -0.4 is 5.32 Å². The minimum atomic E-state index is -0.299. The molecule has 1 aromatic rings. The van der Waals surface area contributed by atoms with Crippen LogP contribution in [0.2, 0.25) is 0 Å². The summed E-state index contributed by atoms with van der Waals surface area (Å²) in [7, 11) is 1.37. The molecule has 5 heteroatoms. The molecule has 1 fully saturated rings. The van der Waals surface area contributed by atoms with E-state index in [4.69, 9.17) is 4.74 Å². The van der Waals surface area contributed by atoms with Crippen LogP contribution in [0.15, 0.2) is 30.3 Å². The van der Waals surface area contributed by atoms with Gasteiger partial charge in [0.15, 0.2) is 0 Å². The number of nitrogens with one attached hydrogen (secondary N) is 1. The molecular formula is C15H19NO4. The van der Waals surface area contributed by atoms with Crippen LogP contribution in [-0.4, -0.2) is 31.6 Å². The number of rotatable bonds is 5. The summed E-state index contributed by atoms with van der Waals surface area (Å²) in [6.45, 7) is 0.931. The molecule has 0 spiro atoms. The van der Waals surface area contributed by atoms with E-state index in [1.165, 1.54) is 7.11 Å². The Bertz CT molecular complexity index is 460. The first kappa shape index (κ1) is 14.5. The number of hydrogen-bond acceptors (Lipinski definition) is 5. The molecule has 0 aliphatic carbocycles. The SMILES string of the molecule is COC(=O)[C@@H]1C[C@H](CC(=O)OCc2ccccc2)CN1. The van der Waals surface area contributed by atoms with Crippen LogP contribution in [0.5, 0.6) is 0 Å². The van der Waals surface area contributed by atoms with Gasteiger partial charge in [0.25, 0.3) is 0 Å². The second-order valence-corrected chi connectivity index (χ2v) is 4.94. The number of benzene rings is 1. The molecule has 0 amide bonds. The topological polar surface area (TPSA) is 64.6 Å². The van der Waals surface area contributed by atoms with E-state index in [-0.39, 0.29) is 23.9 Å². The van der Waals surface area contributed by atoms with E-state index in [1.807, 2.05) is 30.3 Å². The molecular weight excluding hydrogens is 258 g/mol. The Labute approximate surface area is 118 Å². The van der Waals surface area contributed by atoms with Crippen LogP contribution in [0.25, 0.3) is 0 Å². The lowest BCUT2D eigenvalue weighted by Crippen LogP contribution is -2.31. The Kier molecular flexibility index (Phi) is 5.12. The van der Waals surface area contributed by atoms with Gasteiger partial charge in [0.2, 0.25) is 0 Å². The lowest BCUT2D eigenvalue weighted by molar-refractivity contribution is -0.146. The van der Waals surface area contributed by atoms with Crippen molar-refractivity contribution < 1.29 is 19.1 Å². The van der Waals surface area contributed by atoms with Gasteiger partial charge in [-0.2, -0.15) is 0 Å². The number of esters is 2. The first-order valence-corrected chi connectivity index (χ1v) is 6.70. The van der Waals surface area contributed by atoms with Crippen molar-refractivity contribution in [1.82, 2.24) is 5.32 Å². The standard InChI is InChI=1S/C15H19NO4/c1-19-15(18)13-7-12(9-16-13)8-14(17)20-10-11-5-3-2-4-6-11/h2-6,12-13,16H,7-10H2,1H3/t12-,13+/m1/s1. The smallest absolute Gasteiger partial charge is 0.322 e. The van der Waals surface area contributed by atoms with E-state index in [0.717, 1.165) is 5.56 Å². The molecule has 1 N–H and O–H groups in total. The number of methoxy groups -OCH3 is 1. The zero-order valence-electron chi connectivity index (χ0n) is 11.5. The van der Waals surface area contributed by atoms with E-state index >= 15 is 0 Å². The summed E-state index contributed by atoms with van der Waals surface area (Å²) in [6, 6.07) is 9.26. The number of hydrogen-bond donors (Lipinski definition) is 1. The predicted octanol–water partition coefficient (Wildman–Crippen LogP) is 1.27. The molecule has 1 aliphatic heterocycles. The maximum absolute atomic E-state index is 11.8. The molecule has 1 aromatic carbocycles. The Morgan fingerprint density at radius 3 is 2.75 bits per heavy atom. The van der Waals surface area contributed by atoms with Crippen LogP contribution >= 0.6 is 0 Å². The summed E-state index contributed by atoms with van der Waals surface area (Å²) < 4.78 is 9.90. The highest BCUT2D eigenvalue weighted by molar-refractivity contribution is 5.76. The Morgan fingerprint density at radius 1 is 1.30 bits per heavy atom. The van der Waals surface area contributed by atoms with Gasteiger partial charge in [-0.3, -0.25) is 9.59 Å². The van der Waals surface area contributed by atoms with Gasteiger partial charge in [-0.05, 0) is 24.4 Å².